The van der Waals surface area contributed by atoms with Crippen molar-refractivity contribution in [2.45, 2.75) is 6.61 Å². The lowest BCUT2D eigenvalue weighted by Gasteiger charge is -2.03. The summed E-state index contributed by atoms with van der Waals surface area (Å²) in [7, 11) is 0. The fourth-order valence-electron chi connectivity index (χ4n) is 1.83. The molecule has 2 aromatic carbocycles. The Labute approximate surface area is 109 Å². The number of nitrogens with zero attached hydrogens (tertiary/aromatic N) is 1. The Kier molecular flexibility index (Phi) is 2.72. The average molecular weight is 255 g/mol. The number of rotatable bonds is 3. The summed E-state index contributed by atoms with van der Waals surface area (Å²) in [5.41, 5.74) is 7.89. The number of hydrogen-bond donors (Lipinski definition) is 3. The zero-order valence-corrected chi connectivity index (χ0v) is 10.1. The minimum atomic E-state index is 0.210. The molecule has 5 nitrogen and oxygen atoms in total. The van der Waals surface area contributed by atoms with Gasteiger partial charge in [-0.3, -0.25) is 0 Å². The number of nitrogens with two attached hydrogens (primary N) is 1. The van der Waals surface area contributed by atoms with Gasteiger partial charge in [-0.05, 0) is 36.4 Å². The van der Waals surface area contributed by atoms with Gasteiger partial charge in [-0.2, -0.15) is 0 Å². The third kappa shape index (κ3) is 2.44. The molecule has 0 saturated heterocycles. The normalized spacial score (nSPS) is 10.7. The number of nitrogen functional groups attached to an aromatic ring is 1. The molecule has 0 amide bonds. The van der Waals surface area contributed by atoms with Crippen molar-refractivity contribution in [2.24, 2.45) is 0 Å². The summed E-state index contributed by atoms with van der Waals surface area (Å²) in [5, 5.41) is 9.38. The summed E-state index contributed by atoms with van der Waals surface area (Å²) >= 11 is 0. The van der Waals surface area contributed by atoms with Gasteiger partial charge in [-0.15, -0.1) is 0 Å². The molecule has 0 radical (unpaired) electrons. The number of anilines is 1. The summed E-state index contributed by atoms with van der Waals surface area (Å²) in [6, 6.07) is 12.2. The van der Waals surface area contributed by atoms with Crippen molar-refractivity contribution < 1.29 is 9.84 Å². The number of aromatic nitrogens is 2. The van der Waals surface area contributed by atoms with Crippen LogP contribution in [0.4, 0.5) is 5.69 Å². The lowest BCUT2D eigenvalue weighted by atomic mass is 10.3. The van der Waals surface area contributed by atoms with Crippen molar-refractivity contribution in [1.82, 2.24) is 9.97 Å². The maximum atomic E-state index is 9.38. The van der Waals surface area contributed by atoms with E-state index in [4.69, 9.17) is 10.5 Å². The highest BCUT2D eigenvalue weighted by Gasteiger charge is 2.04. The number of imidazole rings is 1. The topological polar surface area (TPSA) is 84.2 Å². The number of nitrogens with one attached hydrogen (secondary N) is 1. The number of phenolic OH excluding ortho intramolecular Hbond substituents is 1. The Bertz CT molecular complexity index is 704. The zero-order valence-electron chi connectivity index (χ0n) is 10.1. The van der Waals surface area contributed by atoms with Crippen LogP contribution in [0.5, 0.6) is 11.5 Å². The van der Waals surface area contributed by atoms with Crippen LogP contribution in [0.25, 0.3) is 11.0 Å². The Morgan fingerprint density at radius 1 is 1.16 bits per heavy atom. The first kappa shape index (κ1) is 11.4. The predicted octanol–water partition coefficient (Wildman–Crippen LogP) is 2.43. The second-order valence-electron chi connectivity index (χ2n) is 4.24. The number of H-pyrrole nitrogens is 1. The molecule has 96 valence electrons. The number of benzene rings is 2. The van der Waals surface area contributed by atoms with Gasteiger partial charge in [0, 0.05) is 11.8 Å². The quantitative estimate of drug-likeness (QED) is 0.627. The van der Waals surface area contributed by atoms with Crippen LogP contribution in [-0.2, 0) is 6.61 Å². The number of ether oxygens (including phenoxy) is 1. The molecule has 0 unspecified atom stereocenters. The van der Waals surface area contributed by atoms with E-state index in [1.54, 1.807) is 30.3 Å². The smallest absolute Gasteiger partial charge is 0.146 e. The number of aromatic hydroxyl groups is 1. The minimum absolute atomic E-state index is 0.210. The van der Waals surface area contributed by atoms with Gasteiger partial charge in [-0.1, -0.05) is 0 Å². The molecular weight excluding hydrogens is 242 g/mol. The molecule has 0 fully saturated rings. The summed E-state index contributed by atoms with van der Waals surface area (Å²) in [5.74, 6) is 1.65. The number of aromatic amines is 1. The lowest BCUT2D eigenvalue weighted by molar-refractivity contribution is 0.297. The van der Waals surface area contributed by atoms with Crippen molar-refractivity contribution in [3.8, 4) is 11.5 Å². The molecular formula is C14H13N3O2. The van der Waals surface area contributed by atoms with Crippen molar-refractivity contribution in [3.63, 3.8) is 0 Å². The van der Waals surface area contributed by atoms with Crippen molar-refractivity contribution in [1.29, 1.82) is 0 Å². The van der Waals surface area contributed by atoms with E-state index in [0.29, 0.717) is 18.1 Å². The summed E-state index contributed by atoms with van der Waals surface area (Å²) in [6.45, 7) is 0.333. The van der Waals surface area contributed by atoms with Crippen LogP contribution in [-0.4, -0.2) is 15.1 Å². The SMILES string of the molecule is Nc1ccc(OCc2nc3ccc(O)cc3[nH]2)cc1. The third-order valence-corrected chi connectivity index (χ3v) is 2.77. The standard InChI is InChI=1S/C14H13N3O2/c15-9-1-4-11(5-2-9)19-8-14-16-12-6-3-10(18)7-13(12)17-14/h1-7,18H,8,15H2,(H,16,17). The Hall–Kier alpha value is -2.69. The molecule has 3 rings (SSSR count). The van der Waals surface area contributed by atoms with Crippen LogP contribution in [0, 0.1) is 0 Å². The first-order chi connectivity index (χ1) is 9.20. The second kappa shape index (κ2) is 4.53. The van der Waals surface area contributed by atoms with Crippen LogP contribution >= 0.6 is 0 Å². The van der Waals surface area contributed by atoms with E-state index in [-0.39, 0.29) is 5.75 Å². The largest absolute Gasteiger partial charge is 0.508 e. The van der Waals surface area contributed by atoms with Crippen molar-refractivity contribution in [2.75, 3.05) is 5.73 Å². The molecule has 0 aliphatic rings. The molecule has 0 spiro atoms. The number of hydrogen-bond acceptors (Lipinski definition) is 4. The molecule has 0 aliphatic heterocycles. The lowest BCUT2D eigenvalue weighted by Crippen LogP contribution is -1.97. The monoisotopic (exact) mass is 255 g/mol. The number of phenols is 1. The van der Waals surface area contributed by atoms with Crippen LogP contribution in [0.3, 0.4) is 0 Å². The van der Waals surface area contributed by atoms with E-state index in [2.05, 4.69) is 9.97 Å². The summed E-state index contributed by atoms with van der Waals surface area (Å²) in [6.07, 6.45) is 0. The second-order valence-corrected chi connectivity index (χ2v) is 4.24. The fraction of sp³-hybridized carbons (Fsp3) is 0.0714. The fourth-order valence-corrected chi connectivity index (χ4v) is 1.83. The molecule has 0 saturated carbocycles. The van der Waals surface area contributed by atoms with Gasteiger partial charge in [0.25, 0.3) is 0 Å². The number of fused-ring (bicyclic) bond motifs is 1. The maximum absolute atomic E-state index is 9.38. The van der Waals surface area contributed by atoms with E-state index >= 15 is 0 Å². The van der Waals surface area contributed by atoms with Gasteiger partial charge in [0.05, 0.1) is 11.0 Å². The molecule has 5 heteroatoms. The molecule has 1 aromatic heterocycles. The highest BCUT2D eigenvalue weighted by atomic mass is 16.5. The molecule has 0 bridgehead atoms. The van der Waals surface area contributed by atoms with Crippen LogP contribution in [0.1, 0.15) is 5.82 Å². The van der Waals surface area contributed by atoms with Crippen molar-refractivity contribution >= 4 is 16.7 Å². The third-order valence-electron chi connectivity index (χ3n) is 2.77. The van der Waals surface area contributed by atoms with Gasteiger partial charge < -0.3 is 20.6 Å². The van der Waals surface area contributed by atoms with E-state index in [1.807, 2.05) is 12.1 Å². The van der Waals surface area contributed by atoms with Gasteiger partial charge in [0.2, 0.25) is 0 Å². The molecule has 1 heterocycles. The average Bonchev–Trinajstić information content (AvgIpc) is 2.80. The maximum Gasteiger partial charge on any atom is 0.146 e. The summed E-state index contributed by atoms with van der Waals surface area (Å²) < 4.78 is 5.60. The highest BCUT2D eigenvalue weighted by Crippen LogP contribution is 2.19. The van der Waals surface area contributed by atoms with Gasteiger partial charge >= 0.3 is 0 Å². The minimum Gasteiger partial charge on any atom is -0.508 e. The highest BCUT2D eigenvalue weighted by molar-refractivity contribution is 5.76. The van der Waals surface area contributed by atoms with E-state index in [1.165, 1.54) is 0 Å². The van der Waals surface area contributed by atoms with Crippen LogP contribution in [0.2, 0.25) is 0 Å². The summed E-state index contributed by atoms with van der Waals surface area (Å²) in [4.78, 5) is 7.47. The Morgan fingerprint density at radius 3 is 2.74 bits per heavy atom. The molecule has 3 aromatic rings. The molecule has 4 N–H and O–H groups in total. The van der Waals surface area contributed by atoms with Crippen LogP contribution in [0.15, 0.2) is 42.5 Å². The molecule has 0 aliphatic carbocycles. The van der Waals surface area contributed by atoms with Gasteiger partial charge in [-0.25, -0.2) is 4.98 Å². The first-order valence-electron chi connectivity index (χ1n) is 5.87. The molecule has 0 atom stereocenters. The van der Waals surface area contributed by atoms with E-state index < -0.39 is 0 Å². The van der Waals surface area contributed by atoms with E-state index in [9.17, 15) is 5.11 Å². The van der Waals surface area contributed by atoms with Gasteiger partial charge in [0.15, 0.2) is 0 Å². The van der Waals surface area contributed by atoms with Crippen LogP contribution < -0.4 is 10.5 Å². The van der Waals surface area contributed by atoms with E-state index in [0.717, 1.165) is 16.8 Å². The zero-order chi connectivity index (χ0) is 13.2. The first-order valence-corrected chi connectivity index (χ1v) is 5.87. The Balaban J connectivity index is 1.76. The van der Waals surface area contributed by atoms with Crippen molar-refractivity contribution in [3.05, 3.63) is 48.3 Å². The predicted molar refractivity (Wildman–Crippen MR) is 72.9 cm³/mol. The Morgan fingerprint density at radius 2 is 1.95 bits per heavy atom. The molecule has 19 heavy (non-hydrogen) atoms. The van der Waals surface area contributed by atoms with Gasteiger partial charge in [0.1, 0.15) is 23.9 Å².